The number of hydrogen-bond donors (Lipinski definition) is 0. The topological polar surface area (TPSA) is 8.17 Å². The van der Waals surface area contributed by atoms with Crippen molar-refractivity contribution < 1.29 is 0 Å². The van der Waals surface area contributed by atoms with Gasteiger partial charge in [-0.05, 0) is 128 Å². The van der Waals surface area contributed by atoms with Crippen LogP contribution in [-0.2, 0) is 21.7 Å². The molecule has 348 valence electrons. The summed E-state index contributed by atoms with van der Waals surface area (Å²) in [5.41, 5.74) is 21.3. The van der Waals surface area contributed by atoms with E-state index < -0.39 is 0 Å². The third-order valence-corrected chi connectivity index (χ3v) is 20.6. The molecular formula is C65H63BN2S2. The average Bonchev–Trinajstić information content (AvgIpc) is 4.04. The number of rotatable bonds is 2. The van der Waals surface area contributed by atoms with E-state index in [1.54, 1.807) is 0 Å². The summed E-state index contributed by atoms with van der Waals surface area (Å²) in [7, 11) is 0. The Labute approximate surface area is 422 Å². The molecule has 3 atom stereocenters. The van der Waals surface area contributed by atoms with E-state index in [0.717, 1.165) is 0 Å². The summed E-state index contributed by atoms with van der Waals surface area (Å²) in [4.78, 5) is 2.83. The number of anilines is 2. The number of fused-ring (bicyclic) bond motifs is 15. The molecule has 5 heteroatoms. The van der Waals surface area contributed by atoms with Crippen molar-refractivity contribution in [2.75, 3.05) is 4.90 Å². The molecule has 1 saturated carbocycles. The lowest BCUT2D eigenvalue weighted by Gasteiger charge is -2.50. The highest BCUT2D eigenvalue weighted by atomic mass is 32.1. The van der Waals surface area contributed by atoms with Crippen LogP contribution >= 0.6 is 22.7 Å². The average molecular weight is 947 g/mol. The Morgan fingerprint density at radius 3 is 1.94 bits per heavy atom. The van der Waals surface area contributed by atoms with Gasteiger partial charge in [-0.25, -0.2) is 0 Å². The Bertz CT molecular complexity index is 3910. The molecule has 0 saturated heterocycles. The molecule has 14 rings (SSSR count). The van der Waals surface area contributed by atoms with E-state index in [9.17, 15) is 0 Å². The van der Waals surface area contributed by atoms with Crippen LogP contribution in [0.5, 0.6) is 0 Å². The third-order valence-electron chi connectivity index (χ3n) is 18.1. The van der Waals surface area contributed by atoms with Crippen LogP contribution in [0.25, 0.3) is 57.1 Å². The molecule has 1 fully saturated rings. The van der Waals surface area contributed by atoms with E-state index in [1.807, 2.05) is 22.7 Å². The van der Waals surface area contributed by atoms with Gasteiger partial charge in [0.15, 0.2) is 0 Å². The fourth-order valence-corrected chi connectivity index (χ4v) is 16.6. The molecular weight excluding hydrogens is 884 g/mol. The van der Waals surface area contributed by atoms with Gasteiger partial charge in [0.05, 0.1) is 21.3 Å². The van der Waals surface area contributed by atoms with Gasteiger partial charge >= 0.3 is 0 Å². The molecule has 3 unspecified atom stereocenters. The molecule has 0 radical (unpaired) electrons. The molecule has 3 aromatic heterocycles. The Morgan fingerprint density at radius 2 is 1.19 bits per heavy atom. The molecule has 0 bridgehead atoms. The Morgan fingerprint density at radius 1 is 0.514 bits per heavy atom. The second kappa shape index (κ2) is 14.1. The predicted octanol–water partition coefficient (Wildman–Crippen LogP) is 16.3. The van der Waals surface area contributed by atoms with Crippen molar-refractivity contribution in [1.29, 1.82) is 0 Å². The summed E-state index contributed by atoms with van der Waals surface area (Å²) < 4.78 is 8.27. The van der Waals surface area contributed by atoms with Gasteiger partial charge in [0, 0.05) is 64.0 Å². The predicted molar refractivity (Wildman–Crippen MR) is 306 cm³/mol. The van der Waals surface area contributed by atoms with Crippen LogP contribution in [0.15, 0.2) is 127 Å². The van der Waals surface area contributed by atoms with Gasteiger partial charge in [0.25, 0.3) is 0 Å². The molecule has 10 aromatic rings. The lowest BCUT2D eigenvalue weighted by atomic mass is 9.31. The highest BCUT2D eigenvalue weighted by molar-refractivity contribution is 7.27. The zero-order chi connectivity index (χ0) is 48.2. The van der Waals surface area contributed by atoms with Crippen LogP contribution < -0.4 is 21.3 Å². The van der Waals surface area contributed by atoms with Gasteiger partial charge in [-0.15, -0.1) is 22.7 Å². The van der Waals surface area contributed by atoms with E-state index >= 15 is 0 Å². The van der Waals surface area contributed by atoms with Crippen LogP contribution in [0, 0.1) is 0 Å². The zero-order valence-corrected chi connectivity index (χ0v) is 44.5. The number of aromatic nitrogens is 1. The zero-order valence-electron chi connectivity index (χ0n) is 42.8. The number of nitrogens with zero attached hydrogens (tertiary/aromatic N) is 2. The van der Waals surface area contributed by atoms with Crippen LogP contribution in [0.4, 0.5) is 11.4 Å². The van der Waals surface area contributed by atoms with E-state index in [4.69, 9.17) is 0 Å². The van der Waals surface area contributed by atoms with Gasteiger partial charge in [-0.3, -0.25) is 0 Å². The number of thiophene rings is 2. The van der Waals surface area contributed by atoms with Gasteiger partial charge in [-0.2, -0.15) is 0 Å². The lowest BCUT2D eigenvalue weighted by Crippen LogP contribution is -2.61. The minimum atomic E-state index is -0.0823. The molecule has 2 nitrogen and oxygen atoms in total. The minimum Gasteiger partial charge on any atom is -0.334 e. The normalized spacial score (nSPS) is 20.8. The van der Waals surface area contributed by atoms with E-state index in [1.165, 1.54) is 149 Å². The maximum atomic E-state index is 2.83. The van der Waals surface area contributed by atoms with E-state index in [-0.39, 0.29) is 39.8 Å². The second-order valence-corrected chi connectivity index (χ2v) is 27.3. The molecule has 4 aliphatic rings. The fourth-order valence-electron chi connectivity index (χ4n) is 14.2. The molecule has 0 amide bonds. The van der Waals surface area contributed by atoms with Gasteiger partial charge in [0.1, 0.15) is 0 Å². The van der Waals surface area contributed by atoms with E-state index in [0.29, 0.717) is 0 Å². The first-order valence-corrected chi connectivity index (χ1v) is 27.7. The largest absolute Gasteiger partial charge is 0.334 e. The molecule has 6 heterocycles. The Balaban J connectivity index is 1.13. The van der Waals surface area contributed by atoms with Crippen molar-refractivity contribution in [2.45, 2.75) is 135 Å². The summed E-state index contributed by atoms with van der Waals surface area (Å²) in [5.74, 6) is 0.0167. The number of benzene rings is 7. The Hall–Kier alpha value is -5.62. The number of hydrogen-bond acceptors (Lipinski definition) is 3. The third kappa shape index (κ3) is 5.63. The Kier molecular flexibility index (Phi) is 8.69. The maximum absolute atomic E-state index is 2.83. The summed E-state index contributed by atoms with van der Waals surface area (Å²) in [6, 6.07) is 51.3. The minimum absolute atomic E-state index is 0.0167. The van der Waals surface area contributed by atoms with Crippen LogP contribution in [0.1, 0.15) is 147 Å². The van der Waals surface area contributed by atoms with Crippen molar-refractivity contribution in [3.05, 3.63) is 166 Å². The molecule has 1 aliphatic carbocycles. The molecule has 7 aromatic carbocycles. The van der Waals surface area contributed by atoms with Crippen molar-refractivity contribution in [3.8, 4) is 5.69 Å². The summed E-state index contributed by atoms with van der Waals surface area (Å²) in [5, 5.41) is 5.48. The highest BCUT2D eigenvalue weighted by Crippen LogP contribution is 2.62. The van der Waals surface area contributed by atoms with Crippen molar-refractivity contribution >= 4 is 109 Å². The van der Waals surface area contributed by atoms with Crippen LogP contribution in [0.3, 0.4) is 0 Å². The smallest absolute Gasteiger partial charge is 0.247 e. The van der Waals surface area contributed by atoms with Crippen LogP contribution in [-0.4, -0.2) is 16.8 Å². The van der Waals surface area contributed by atoms with E-state index in [2.05, 4.69) is 213 Å². The van der Waals surface area contributed by atoms with Crippen molar-refractivity contribution in [1.82, 2.24) is 4.57 Å². The molecule has 3 aliphatic heterocycles. The quantitative estimate of drug-likeness (QED) is 0.157. The SMILES string of the molecule is CC(C)(C)c1cc2c3c(c1)-n1c4c(cc(C(C)(C)C)cc4c4sc5ccccc5c41)B3c1ccc(N3c4ccc(C(C)(C)C)cc4C4(C)CCCCC34C)cc1C2c1cccc2c1sc1ccccc12. The highest BCUT2D eigenvalue weighted by Gasteiger charge is 2.58. The van der Waals surface area contributed by atoms with Crippen LogP contribution in [0.2, 0.25) is 0 Å². The maximum Gasteiger partial charge on any atom is 0.247 e. The first kappa shape index (κ1) is 43.2. The molecule has 0 spiro atoms. The van der Waals surface area contributed by atoms with Gasteiger partial charge < -0.3 is 9.47 Å². The summed E-state index contributed by atoms with van der Waals surface area (Å²) in [6.07, 6.45) is 4.92. The standard InChI is InChI=1S/C65H63BN2S2/c1-61(2,3)37-25-28-51-48(33-37)64(10)29-16-17-30-65(64,11)68(51)40-26-27-49-45(36-40)55(44-22-18-21-42-41-19-12-14-23-53(41)69-59(42)44)46-31-39(63(7,8)9)35-52-56(46)66(49)50-34-38(62(4,5)6)32-47-57(50)67(52)58-43-20-13-15-24-54(43)70-60(47)58/h12-15,18-28,31-36,55H,16-17,29-30H2,1-11H3. The summed E-state index contributed by atoms with van der Waals surface area (Å²) in [6.45, 7) is 26.9. The summed E-state index contributed by atoms with van der Waals surface area (Å²) >= 11 is 3.96. The second-order valence-electron chi connectivity index (χ2n) is 25.2. The fraction of sp³-hybridized carbons (Fsp3) is 0.323. The molecule has 70 heavy (non-hydrogen) atoms. The van der Waals surface area contributed by atoms with Gasteiger partial charge in [0.2, 0.25) is 6.71 Å². The lowest BCUT2D eigenvalue weighted by molar-refractivity contribution is 0.194. The molecule has 0 N–H and O–H groups in total. The van der Waals surface area contributed by atoms with Crippen molar-refractivity contribution in [3.63, 3.8) is 0 Å². The first-order valence-electron chi connectivity index (χ1n) is 26.0. The van der Waals surface area contributed by atoms with Gasteiger partial charge in [-0.1, -0.05) is 172 Å². The monoisotopic (exact) mass is 946 g/mol. The first-order chi connectivity index (χ1) is 33.3. The van der Waals surface area contributed by atoms with Crippen molar-refractivity contribution in [2.24, 2.45) is 0 Å².